The van der Waals surface area contributed by atoms with E-state index in [4.69, 9.17) is 16.3 Å². The zero-order valence-electron chi connectivity index (χ0n) is 17.4. The lowest BCUT2D eigenvalue weighted by Crippen LogP contribution is -2.39. The number of phenols is 1. The van der Waals surface area contributed by atoms with E-state index in [9.17, 15) is 14.7 Å². The number of fused-ring (bicyclic) bond motifs is 1. The normalized spacial score (nSPS) is 15.9. The van der Waals surface area contributed by atoms with E-state index in [1.54, 1.807) is 44.2 Å². The van der Waals surface area contributed by atoms with E-state index in [1.165, 1.54) is 15.9 Å². The molecule has 6 nitrogen and oxygen atoms in total. The van der Waals surface area contributed by atoms with Gasteiger partial charge in [0.1, 0.15) is 5.75 Å². The fraction of sp³-hybridized carbons (Fsp3) is 0.174. The molecule has 0 saturated carbocycles. The molecule has 1 atom stereocenters. The Labute approximate surface area is 225 Å². The fourth-order valence-electron chi connectivity index (χ4n) is 3.57. The maximum Gasteiger partial charge on any atom is 0.338 e. The molecule has 1 N–H and O–H groups in total. The molecule has 4 rings (SSSR count). The number of carbonyl (C=O) groups is 1. The third-order valence-electron chi connectivity index (χ3n) is 5.04. The van der Waals surface area contributed by atoms with Crippen molar-refractivity contribution >= 4 is 80.2 Å². The molecule has 0 amide bonds. The van der Waals surface area contributed by atoms with Crippen LogP contribution in [0.3, 0.4) is 0 Å². The van der Waals surface area contributed by atoms with Gasteiger partial charge in [0.2, 0.25) is 0 Å². The second kappa shape index (κ2) is 9.88. The summed E-state index contributed by atoms with van der Waals surface area (Å²) in [5.41, 5.74) is 2.10. The lowest BCUT2D eigenvalue weighted by atomic mass is 9.96. The molecule has 0 unspecified atom stereocenters. The highest BCUT2D eigenvalue weighted by molar-refractivity contribution is 14.1. The summed E-state index contributed by atoms with van der Waals surface area (Å²) in [6.45, 7) is 3.70. The number of benzene rings is 2. The minimum absolute atomic E-state index is 0.214. The van der Waals surface area contributed by atoms with Crippen LogP contribution >= 0.6 is 68.1 Å². The largest absolute Gasteiger partial charge is 0.506 e. The van der Waals surface area contributed by atoms with E-state index in [0.29, 0.717) is 32.8 Å². The van der Waals surface area contributed by atoms with Gasteiger partial charge in [0, 0.05) is 5.02 Å². The predicted octanol–water partition coefficient (Wildman–Crippen LogP) is 4.37. The number of nitrogens with zero attached hydrogens (tertiary/aromatic N) is 2. The summed E-state index contributed by atoms with van der Waals surface area (Å²) in [6, 6.07) is 9.99. The van der Waals surface area contributed by atoms with Gasteiger partial charge in [0.25, 0.3) is 5.56 Å². The number of thiazole rings is 1. The molecule has 0 aliphatic carbocycles. The van der Waals surface area contributed by atoms with Crippen molar-refractivity contribution < 1.29 is 14.6 Å². The summed E-state index contributed by atoms with van der Waals surface area (Å²) in [7, 11) is 0. The van der Waals surface area contributed by atoms with E-state index >= 15 is 0 Å². The van der Waals surface area contributed by atoms with Crippen molar-refractivity contribution in [3.63, 3.8) is 0 Å². The first-order chi connectivity index (χ1) is 15.7. The molecule has 1 aliphatic rings. The van der Waals surface area contributed by atoms with Gasteiger partial charge in [-0.05, 0) is 100 Å². The molecular weight excluding hydrogens is 690 g/mol. The number of hydrogen-bond acceptors (Lipinski definition) is 6. The lowest BCUT2D eigenvalue weighted by Gasteiger charge is -2.24. The number of ether oxygens (including phenoxy) is 1. The standard InChI is InChI=1S/C23H17ClI2N2O4S/c1-3-32-22(31)18-11(2)27-23-28(19(18)13-4-6-14(24)7-5-13)21(30)17(33-23)10-12-8-15(25)20(29)16(26)9-12/h4-10,19,29H,3H2,1-2H3/b17-10-/t19-/m0/s1. The summed E-state index contributed by atoms with van der Waals surface area (Å²) in [6.07, 6.45) is 1.77. The Morgan fingerprint density at radius 3 is 2.52 bits per heavy atom. The number of aromatic hydroxyl groups is 1. The Kier molecular flexibility index (Phi) is 7.32. The van der Waals surface area contributed by atoms with E-state index in [0.717, 1.165) is 11.1 Å². The molecule has 0 fully saturated rings. The van der Waals surface area contributed by atoms with Crippen LogP contribution in [-0.2, 0) is 9.53 Å². The minimum Gasteiger partial charge on any atom is -0.506 e. The number of halogens is 3. The number of esters is 1. The Bertz CT molecular complexity index is 1450. The van der Waals surface area contributed by atoms with Crippen LogP contribution in [0.15, 0.2) is 57.5 Å². The van der Waals surface area contributed by atoms with Crippen molar-refractivity contribution in [3.8, 4) is 5.75 Å². The van der Waals surface area contributed by atoms with E-state index in [1.807, 2.05) is 12.1 Å². The van der Waals surface area contributed by atoms with Crippen LogP contribution in [-0.4, -0.2) is 22.2 Å². The first kappa shape index (κ1) is 24.4. The Morgan fingerprint density at radius 2 is 1.91 bits per heavy atom. The second-order valence-electron chi connectivity index (χ2n) is 7.19. The molecule has 3 aromatic rings. The number of aromatic nitrogens is 1. The van der Waals surface area contributed by atoms with Crippen molar-refractivity contribution in [2.75, 3.05) is 6.61 Å². The molecule has 170 valence electrons. The zero-order chi connectivity index (χ0) is 23.9. The lowest BCUT2D eigenvalue weighted by molar-refractivity contribution is -0.139. The highest BCUT2D eigenvalue weighted by Crippen LogP contribution is 2.31. The number of phenolic OH excluding ortho intramolecular Hbond substituents is 1. The van der Waals surface area contributed by atoms with Gasteiger partial charge in [-0.3, -0.25) is 9.36 Å². The topological polar surface area (TPSA) is 80.9 Å². The van der Waals surface area contributed by atoms with Crippen LogP contribution in [0.4, 0.5) is 0 Å². The van der Waals surface area contributed by atoms with E-state index in [-0.39, 0.29) is 17.9 Å². The summed E-state index contributed by atoms with van der Waals surface area (Å²) >= 11 is 11.4. The molecule has 2 heterocycles. The molecular formula is C23H17ClI2N2O4S. The maximum absolute atomic E-state index is 13.6. The van der Waals surface area contributed by atoms with Crippen LogP contribution in [0.1, 0.15) is 31.0 Å². The first-order valence-corrected chi connectivity index (χ1v) is 13.2. The van der Waals surface area contributed by atoms with Crippen molar-refractivity contribution in [3.05, 3.63) is 90.6 Å². The first-order valence-electron chi connectivity index (χ1n) is 9.84. The smallest absolute Gasteiger partial charge is 0.338 e. The van der Waals surface area contributed by atoms with Crippen molar-refractivity contribution in [2.45, 2.75) is 19.9 Å². The zero-order valence-corrected chi connectivity index (χ0v) is 23.3. The monoisotopic (exact) mass is 706 g/mol. The van der Waals surface area contributed by atoms with E-state index < -0.39 is 12.0 Å². The predicted molar refractivity (Wildman–Crippen MR) is 145 cm³/mol. The number of allylic oxidation sites excluding steroid dienone is 1. The molecule has 0 saturated heterocycles. The third-order valence-corrected chi connectivity index (χ3v) is 7.92. The summed E-state index contributed by atoms with van der Waals surface area (Å²) in [4.78, 5) is 31.5. The summed E-state index contributed by atoms with van der Waals surface area (Å²) in [5, 5.41) is 10.6. The molecule has 0 bridgehead atoms. The van der Waals surface area contributed by atoms with Crippen LogP contribution in [0.5, 0.6) is 5.75 Å². The van der Waals surface area contributed by atoms with Gasteiger partial charge in [0.05, 0.1) is 35.6 Å². The Balaban J connectivity index is 1.96. The van der Waals surface area contributed by atoms with Gasteiger partial charge in [-0.15, -0.1) is 0 Å². The molecule has 10 heteroatoms. The molecule has 1 aromatic heterocycles. The molecule has 0 spiro atoms. The Morgan fingerprint density at radius 1 is 1.27 bits per heavy atom. The van der Waals surface area contributed by atoms with Gasteiger partial charge in [-0.1, -0.05) is 35.1 Å². The average molecular weight is 707 g/mol. The third kappa shape index (κ3) is 4.77. The molecule has 0 radical (unpaired) electrons. The van der Waals surface area contributed by atoms with Crippen molar-refractivity contribution in [2.24, 2.45) is 4.99 Å². The summed E-state index contributed by atoms with van der Waals surface area (Å²) in [5.74, 6) is -0.289. The Hall–Kier alpha value is -1.70. The molecule has 33 heavy (non-hydrogen) atoms. The molecule has 2 aromatic carbocycles. The van der Waals surface area contributed by atoms with Gasteiger partial charge >= 0.3 is 5.97 Å². The van der Waals surface area contributed by atoms with Gasteiger partial charge < -0.3 is 9.84 Å². The highest BCUT2D eigenvalue weighted by atomic mass is 127. The SMILES string of the molecule is CCOC(=O)C1=C(C)N=c2s/c(=C\c3cc(I)c(O)c(I)c3)c(=O)n2[C@H]1c1ccc(Cl)cc1. The van der Waals surface area contributed by atoms with Gasteiger partial charge in [0.15, 0.2) is 4.80 Å². The maximum atomic E-state index is 13.6. The average Bonchev–Trinajstić information content (AvgIpc) is 3.06. The van der Waals surface area contributed by atoms with Crippen LogP contribution in [0, 0.1) is 7.14 Å². The molecule has 1 aliphatic heterocycles. The number of carbonyl (C=O) groups excluding carboxylic acids is 1. The second-order valence-corrected chi connectivity index (χ2v) is 11.0. The van der Waals surface area contributed by atoms with Gasteiger partial charge in [-0.2, -0.15) is 0 Å². The fourth-order valence-corrected chi connectivity index (χ4v) is 6.56. The highest BCUT2D eigenvalue weighted by Gasteiger charge is 2.33. The quantitative estimate of drug-likeness (QED) is 0.323. The number of rotatable bonds is 4. The van der Waals surface area contributed by atoms with Crippen LogP contribution in [0.25, 0.3) is 6.08 Å². The van der Waals surface area contributed by atoms with Crippen molar-refractivity contribution in [1.82, 2.24) is 4.57 Å². The van der Waals surface area contributed by atoms with Crippen LogP contribution in [0.2, 0.25) is 5.02 Å². The van der Waals surface area contributed by atoms with Crippen molar-refractivity contribution in [1.29, 1.82) is 0 Å². The van der Waals surface area contributed by atoms with E-state index in [2.05, 4.69) is 50.2 Å². The number of hydrogen-bond donors (Lipinski definition) is 1. The minimum atomic E-state index is -0.681. The van der Waals surface area contributed by atoms with Crippen LogP contribution < -0.4 is 14.9 Å². The summed E-state index contributed by atoms with van der Waals surface area (Å²) < 4.78 is 8.69. The van der Waals surface area contributed by atoms with Gasteiger partial charge in [-0.25, -0.2) is 9.79 Å².